The summed E-state index contributed by atoms with van der Waals surface area (Å²) >= 11 is 0. The molecule has 100 valence electrons. The summed E-state index contributed by atoms with van der Waals surface area (Å²) in [6.45, 7) is 4.54. The van der Waals surface area contributed by atoms with Gasteiger partial charge < -0.3 is 4.48 Å². The molecule has 0 saturated carbocycles. The lowest BCUT2D eigenvalue weighted by molar-refractivity contribution is -0.888. The van der Waals surface area contributed by atoms with E-state index in [-0.39, 0.29) is 11.5 Å². The molecule has 5 nitrogen and oxygen atoms in total. The maximum absolute atomic E-state index is 11.0. The zero-order valence-corrected chi connectivity index (χ0v) is 11.4. The van der Waals surface area contributed by atoms with Gasteiger partial charge in [-0.15, -0.1) is 0 Å². The number of allylic oxidation sites excluding steroid dienone is 1. The number of ketones is 1. The van der Waals surface area contributed by atoms with Crippen molar-refractivity contribution in [2.24, 2.45) is 0 Å². The zero-order chi connectivity index (χ0) is 13.5. The van der Waals surface area contributed by atoms with E-state index in [1.165, 1.54) is 6.08 Å². The molecule has 0 bridgehead atoms. The summed E-state index contributed by atoms with van der Waals surface area (Å²) in [7, 11) is -0.0818. The Bertz CT molecular complexity index is 360. The summed E-state index contributed by atoms with van der Waals surface area (Å²) in [4.78, 5) is 11.0. The molecule has 0 saturated heterocycles. The lowest BCUT2D eigenvalue weighted by Gasteiger charge is -2.29. The number of rotatable bonds is 9. The monoisotopic (exact) mass is 264 g/mol. The Kier molecular flexibility index (Phi) is 6.59. The molecule has 0 amide bonds. The number of hydrogen-bond donors (Lipinski definition) is 1. The van der Waals surface area contributed by atoms with E-state index in [1.807, 2.05) is 14.1 Å². The van der Waals surface area contributed by atoms with Gasteiger partial charge in [-0.2, -0.15) is 8.42 Å². The van der Waals surface area contributed by atoms with Crippen LogP contribution < -0.4 is 0 Å². The van der Waals surface area contributed by atoms with Gasteiger partial charge in [0.15, 0.2) is 5.78 Å². The number of carbonyl (C=O) groups is 1. The molecule has 17 heavy (non-hydrogen) atoms. The average molecular weight is 264 g/mol. The molecule has 0 aromatic rings. The number of quaternary nitrogens is 1. The molecular formula is C11H22NO4S+. The van der Waals surface area contributed by atoms with E-state index < -0.39 is 10.1 Å². The van der Waals surface area contributed by atoms with Crippen LogP contribution in [-0.4, -0.2) is 56.2 Å². The van der Waals surface area contributed by atoms with Crippen LogP contribution in [0.25, 0.3) is 0 Å². The number of unbranched alkanes of at least 4 members (excludes halogenated alkanes) is 1. The van der Waals surface area contributed by atoms with Gasteiger partial charge in [0.25, 0.3) is 10.1 Å². The van der Waals surface area contributed by atoms with E-state index in [0.717, 1.165) is 19.4 Å². The van der Waals surface area contributed by atoms with Crippen molar-refractivity contribution in [1.82, 2.24) is 0 Å². The molecule has 0 heterocycles. The van der Waals surface area contributed by atoms with Crippen LogP contribution >= 0.6 is 0 Å². The van der Waals surface area contributed by atoms with Crippen LogP contribution in [0.2, 0.25) is 0 Å². The van der Waals surface area contributed by atoms with Gasteiger partial charge in [0.2, 0.25) is 0 Å². The molecular weight excluding hydrogens is 242 g/mol. The maximum atomic E-state index is 11.0. The summed E-state index contributed by atoms with van der Waals surface area (Å²) < 4.78 is 30.4. The fourth-order valence-corrected chi connectivity index (χ4v) is 2.14. The molecule has 0 rings (SSSR count). The second kappa shape index (κ2) is 6.88. The number of carbonyl (C=O) groups excluding carboxylic acids is 1. The van der Waals surface area contributed by atoms with Crippen molar-refractivity contribution in [1.29, 1.82) is 0 Å². The quantitative estimate of drug-likeness (QED) is 0.290. The van der Waals surface area contributed by atoms with Crippen molar-refractivity contribution in [3.63, 3.8) is 0 Å². The molecule has 6 heteroatoms. The average Bonchev–Trinajstić information content (AvgIpc) is 2.20. The third-order valence-corrected chi connectivity index (χ3v) is 3.32. The van der Waals surface area contributed by atoms with Crippen molar-refractivity contribution < 1.29 is 22.2 Å². The fraction of sp³-hybridized carbons (Fsp3) is 0.727. The molecule has 0 aliphatic heterocycles. The molecule has 0 atom stereocenters. The molecule has 0 aromatic carbocycles. The summed E-state index contributed by atoms with van der Waals surface area (Å²) in [5.41, 5.74) is 0. The Labute approximate surface area is 103 Å². The van der Waals surface area contributed by atoms with Crippen LogP contribution in [0.4, 0.5) is 0 Å². The van der Waals surface area contributed by atoms with Crippen molar-refractivity contribution in [2.45, 2.75) is 19.3 Å². The third-order valence-electron chi connectivity index (χ3n) is 2.62. The Hall–Kier alpha value is -0.720. The van der Waals surface area contributed by atoms with Crippen molar-refractivity contribution in [3.05, 3.63) is 12.7 Å². The summed E-state index contributed by atoms with van der Waals surface area (Å²) in [5, 5.41) is 0. The Balaban J connectivity index is 3.86. The summed E-state index contributed by atoms with van der Waals surface area (Å²) in [5.74, 6) is -0.195. The SMILES string of the molecule is C=CC(=O)CCCC[N+](C)(C)CCS(=O)(=O)O. The van der Waals surface area contributed by atoms with Gasteiger partial charge in [-0.1, -0.05) is 6.58 Å². The van der Waals surface area contributed by atoms with E-state index in [1.54, 1.807) is 0 Å². The van der Waals surface area contributed by atoms with E-state index in [4.69, 9.17) is 4.55 Å². The van der Waals surface area contributed by atoms with Crippen molar-refractivity contribution in [2.75, 3.05) is 32.9 Å². The molecule has 0 aliphatic rings. The first-order valence-electron chi connectivity index (χ1n) is 5.59. The summed E-state index contributed by atoms with van der Waals surface area (Å²) in [6, 6.07) is 0. The summed E-state index contributed by atoms with van der Waals surface area (Å²) in [6.07, 6.45) is 3.43. The van der Waals surface area contributed by atoms with Crippen molar-refractivity contribution in [3.8, 4) is 0 Å². The van der Waals surface area contributed by atoms with E-state index in [9.17, 15) is 13.2 Å². The van der Waals surface area contributed by atoms with E-state index in [2.05, 4.69) is 6.58 Å². The molecule has 0 fully saturated rings. The van der Waals surface area contributed by atoms with Gasteiger partial charge >= 0.3 is 0 Å². The Morgan fingerprint density at radius 1 is 1.29 bits per heavy atom. The number of hydrogen-bond acceptors (Lipinski definition) is 3. The van der Waals surface area contributed by atoms with Crippen LogP contribution in [0, 0.1) is 0 Å². The van der Waals surface area contributed by atoms with Gasteiger partial charge in [0.1, 0.15) is 5.75 Å². The zero-order valence-electron chi connectivity index (χ0n) is 10.6. The molecule has 0 aliphatic carbocycles. The number of nitrogens with zero attached hydrogens (tertiary/aromatic N) is 1. The minimum atomic E-state index is -3.89. The lowest BCUT2D eigenvalue weighted by atomic mass is 10.1. The van der Waals surface area contributed by atoms with E-state index in [0.29, 0.717) is 17.4 Å². The van der Waals surface area contributed by atoms with Crippen LogP contribution in [0.15, 0.2) is 12.7 Å². The maximum Gasteiger partial charge on any atom is 0.270 e. The fourth-order valence-electron chi connectivity index (χ4n) is 1.42. The topological polar surface area (TPSA) is 71.4 Å². The smallest absolute Gasteiger partial charge is 0.270 e. The van der Waals surface area contributed by atoms with Crippen LogP contribution in [0.5, 0.6) is 0 Å². The standard InChI is InChI=1S/C11H21NO4S/c1-4-11(13)7-5-6-8-12(2,3)9-10-17(14,15)16/h4H,1,5-10H2,2-3H3/p+1. The minimum Gasteiger partial charge on any atom is -0.328 e. The Morgan fingerprint density at radius 2 is 1.88 bits per heavy atom. The van der Waals surface area contributed by atoms with Gasteiger partial charge in [0.05, 0.1) is 27.2 Å². The van der Waals surface area contributed by atoms with Gasteiger partial charge in [0, 0.05) is 6.42 Å². The molecule has 0 unspecified atom stereocenters. The Morgan fingerprint density at radius 3 is 2.35 bits per heavy atom. The van der Waals surface area contributed by atoms with Crippen LogP contribution in [0.3, 0.4) is 0 Å². The predicted molar refractivity (Wildman–Crippen MR) is 67.3 cm³/mol. The first-order valence-corrected chi connectivity index (χ1v) is 7.20. The second-order valence-electron chi connectivity index (χ2n) is 4.80. The highest BCUT2D eigenvalue weighted by molar-refractivity contribution is 7.85. The molecule has 0 radical (unpaired) electrons. The molecule has 0 spiro atoms. The van der Waals surface area contributed by atoms with Gasteiger partial charge in [-0.05, 0) is 18.9 Å². The predicted octanol–water partition coefficient (Wildman–Crippen LogP) is 0.876. The highest BCUT2D eigenvalue weighted by atomic mass is 32.2. The second-order valence-corrected chi connectivity index (χ2v) is 6.37. The van der Waals surface area contributed by atoms with Crippen molar-refractivity contribution >= 4 is 15.9 Å². The minimum absolute atomic E-state index is 0.0354. The highest BCUT2D eigenvalue weighted by Gasteiger charge is 2.18. The normalized spacial score (nSPS) is 12.4. The first kappa shape index (κ1) is 16.3. The van der Waals surface area contributed by atoms with E-state index >= 15 is 0 Å². The molecule has 0 aromatic heterocycles. The lowest BCUT2D eigenvalue weighted by Crippen LogP contribution is -2.43. The third kappa shape index (κ3) is 10.2. The van der Waals surface area contributed by atoms with Gasteiger partial charge in [-0.25, -0.2) is 0 Å². The van der Waals surface area contributed by atoms with Gasteiger partial charge in [-0.3, -0.25) is 9.35 Å². The van der Waals surface area contributed by atoms with Crippen LogP contribution in [0.1, 0.15) is 19.3 Å². The largest absolute Gasteiger partial charge is 0.328 e. The molecule has 1 N–H and O–H groups in total. The van der Waals surface area contributed by atoms with Crippen LogP contribution in [-0.2, 0) is 14.9 Å². The highest BCUT2D eigenvalue weighted by Crippen LogP contribution is 2.05. The first-order chi connectivity index (χ1) is 7.66.